The second-order valence-electron chi connectivity index (χ2n) is 9.57. The summed E-state index contributed by atoms with van der Waals surface area (Å²) in [5, 5.41) is 6.18. The first-order valence-electron chi connectivity index (χ1n) is 12.3. The van der Waals surface area contributed by atoms with Crippen LogP contribution in [0.2, 0.25) is 0 Å². The van der Waals surface area contributed by atoms with Crippen molar-refractivity contribution < 1.29 is 19.1 Å². The molecule has 1 heterocycles. The minimum absolute atomic E-state index is 0.0176. The SMILES string of the molecule is CCC(C)[C@H](NC(=O)Cn1cnc2cc(OC)c(OC)cc2c1=O)C(=O)NC(C)CCCC(C)C. The predicted molar refractivity (Wildman–Crippen MR) is 137 cm³/mol. The Balaban J connectivity index is 2.14. The van der Waals surface area contributed by atoms with Crippen LogP contribution < -0.4 is 25.7 Å². The van der Waals surface area contributed by atoms with Gasteiger partial charge in [0.2, 0.25) is 11.8 Å². The molecule has 1 aromatic heterocycles. The predicted octanol–water partition coefficient (Wildman–Crippen LogP) is 3.28. The van der Waals surface area contributed by atoms with Crippen molar-refractivity contribution in [2.75, 3.05) is 14.2 Å². The smallest absolute Gasteiger partial charge is 0.261 e. The van der Waals surface area contributed by atoms with Gasteiger partial charge >= 0.3 is 0 Å². The molecule has 0 saturated heterocycles. The molecule has 9 heteroatoms. The average molecular weight is 489 g/mol. The van der Waals surface area contributed by atoms with Gasteiger partial charge < -0.3 is 20.1 Å². The van der Waals surface area contributed by atoms with Crippen LogP contribution in [0.1, 0.15) is 60.3 Å². The molecule has 0 aliphatic heterocycles. The van der Waals surface area contributed by atoms with E-state index in [0.717, 1.165) is 25.7 Å². The molecule has 2 unspecified atom stereocenters. The maximum Gasteiger partial charge on any atom is 0.261 e. The van der Waals surface area contributed by atoms with Gasteiger partial charge in [-0.2, -0.15) is 0 Å². The largest absolute Gasteiger partial charge is 0.493 e. The molecule has 1 aromatic carbocycles. The van der Waals surface area contributed by atoms with Crippen molar-refractivity contribution in [2.45, 2.75) is 78.9 Å². The number of rotatable bonds is 13. The fraction of sp³-hybridized carbons (Fsp3) is 0.615. The molecule has 0 spiro atoms. The molecule has 2 aromatic rings. The zero-order chi connectivity index (χ0) is 26.1. The number of hydrogen-bond acceptors (Lipinski definition) is 6. The number of ether oxygens (including phenoxy) is 2. The quantitative estimate of drug-likeness (QED) is 0.448. The number of fused-ring (bicyclic) bond motifs is 1. The Labute approximate surface area is 207 Å². The lowest BCUT2D eigenvalue weighted by Gasteiger charge is -2.25. The van der Waals surface area contributed by atoms with Crippen LogP contribution in [-0.2, 0) is 16.1 Å². The highest BCUT2D eigenvalue weighted by Gasteiger charge is 2.27. The first kappa shape index (κ1) is 28.1. The Kier molecular flexibility index (Phi) is 10.5. The van der Waals surface area contributed by atoms with Crippen LogP contribution in [0.25, 0.3) is 10.9 Å². The number of hydrogen-bond donors (Lipinski definition) is 2. The number of carbonyl (C=O) groups is 2. The topological polar surface area (TPSA) is 112 Å². The number of aromatic nitrogens is 2. The fourth-order valence-corrected chi connectivity index (χ4v) is 3.91. The van der Waals surface area contributed by atoms with Crippen molar-refractivity contribution in [3.63, 3.8) is 0 Å². The van der Waals surface area contributed by atoms with E-state index in [2.05, 4.69) is 29.5 Å². The zero-order valence-corrected chi connectivity index (χ0v) is 22.0. The standard InChI is InChI=1S/C26H40N4O5/c1-8-17(4)24(25(32)28-18(5)11-9-10-16(2)3)29-23(31)14-30-15-27-20-13-22(35-7)21(34-6)12-19(20)26(30)33/h12-13,15-18,24H,8-11,14H2,1-7H3,(H,28,32)(H,29,31)/t17?,18?,24-/m0/s1. The second kappa shape index (κ2) is 13.1. The van der Waals surface area contributed by atoms with Crippen molar-refractivity contribution in [3.8, 4) is 11.5 Å². The third kappa shape index (κ3) is 7.70. The average Bonchev–Trinajstić information content (AvgIpc) is 2.82. The second-order valence-corrected chi connectivity index (χ2v) is 9.57. The summed E-state index contributed by atoms with van der Waals surface area (Å²) in [5.74, 6) is 0.790. The molecule has 2 rings (SSSR count). The fourth-order valence-electron chi connectivity index (χ4n) is 3.91. The Bertz CT molecular complexity index is 1070. The molecule has 0 aliphatic rings. The lowest BCUT2D eigenvalue weighted by Crippen LogP contribution is -2.53. The zero-order valence-electron chi connectivity index (χ0n) is 22.0. The third-order valence-corrected chi connectivity index (χ3v) is 6.26. The molecule has 0 saturated carbocycles. The maximum atomic E-state index is 13.0. The van der Waals surface area contributed by atoms with E-state index in [4.69, 9.17) is 9.47 Å². The maximum absolute atomic E-state index is 13.0. The van der Waals surface area contributed by atoms with Crippen molar-refractivity contribution in [1.82, 2.24) is 20.2 Å². The minimum Gasteiger partial charge on any atom is -0.493 e. The van der Waals surface area contributed by atoms with E-state index in [0.29, 0.717) is 28.3 Å². The van der Waals surface area contributed by atoms with Crippen molar-refractivity contribution in [1.29, 1.82) is 0 Å². The summed E-state index contributed by atoms with van der Waals surface area (Å²) in [4.78, 5) is 43.1. The lowest BCUT2D eigenvalue weighted by atomic mass is 9.97. The van der Waals surface area contributed by atoms with Crippen LogP contribution in [0, 0.1) is 11.8 Å². The number of amides is 2. The normalized spacial score (nSPS) is 13.8. The van der Waals surface area contributed by atoms with Crippen LogP contribution in [0.15, 0.2) is 23.3 Å². The summed E-state index contributed by atoms with van der Waals surface area (Å²) < 4.78 is 11.8. The minimum atomic E-state index is -0.687. The number of nitrogens with one attached hydrogen (secondary N) is 2. The monoisotopic (exact) mass is 488 g/mol. The molecular formula is C26H40N4O5. The van der Waals surface area contributed by atoms with Crippen molar-refractivity contribution in [2.24, 2.45) is 11.8 Å². The van der Waals surface area contributed by atoms with Gasteiger partial charge in [-0.3, -0.25) is 19.0 Å². The van der Waals surface area contributed by atoms with E-state index >= 15 is 0 Å². The van der Waals surface area contributed by atoms with E-state index in [1.165, 1.54) is 25.1 Å². The van der Waals surface area contributed by atoms with Gasteiger partial charge in [-0.25, -0.2) is 4.98 Å². The number of benzene rings is 1. The number of nitrogens with zero attached hydrogens (tertiary/aromatic N) is 2. The van der Waals surface area contributed by atoms with Gasteiger partial charge in [-0.05, 0) is 31.2 Å². The van der Waals surface area contributed by atoms with Crippen LogP contribution in [0.4, 0.5) is 0 Å². The summed E-state index contributed by atoms with van der Waals surface area (Å²) in [6.07, 6.45) is 5.08. The van der Waals surface area contributed by atoms with Crippen LogP contribution >= 0.6 is 0 Å². The van der Waals surface area contributed by atoms with E-state index in [1.807, 2.05) is 20.8 Å². The highest BCUT2D eigenvalue weighted by molar-refractivity contribution is 5.88. The lowest BCUT2D eigenvalue weighted by molar-refractivity contribution is -0.131. The van der Waals surface area contributed by atoms with Gasteiger partial charge in [0.15, 0.2) is 11.5 Å². The summed E-state index contributed by atoms with van der Waals surface area (Å²) >= 11 is 0. The Morgan fingerprint density at radius 2 is 1.69 bits per heavy atom. The molecule has 0 aliphatic carbocycles. The first-order valence-corrected chi connectivity index (χ1v) is 12.3. The molecule has 35 heavy (non-hydrogen) atoms. The summed E-state index contributed by atoms with van der Waals surface area (Å²) in [5.41, 5.74) is 0.0574. The Morgan fingerprint density at radius 1 is 1.03 bits per heavy atom. The van der Waals surface area contributed by atoms with Crippen molar-refractivity contribution in [3.05, 3.63) is 28.8 Å². The highest BCUT2D eigenvalue weighted by Crippen LogP contribution is 2.29. The van der Waals surface area contributed by atoms with Gasteiger partial charge in [0, 0.05) is 12.1 Å². The number of carbonyl (C=O) groups excluding carboxylic acids is 2. The van der Waals surface area contributed by atoms with Gasteiger partial charge in [0.1, 0.15) is 12.6 Å². The molecule has 2 N–H and O–H groups in total. The molecule has 194 valence electrons. The molecule has 0 bridgehead atoms. The summed E-state index contributed by atoms with van der Waals surface area (Å²) in [7, 11) is 2.99. The first-order chi connectivity index (χ1) is 16.6. The molecule has 3 atom stereocenters. The van der Waals surface area contributed by atoms with Crippen LogP contribution in [-0.4, -0.2) is 47.7 Å². The van der Waals surface area contributed by atoms with Gasteiger partial charge in [0.05, 0.1) is 31.4 Å². The van der Waals surface area contributed by atoms with E-state index in [9.17, 15) is 14.4 Å². The Hall–Kier alpha value is -3.10. The van der Waals surface area contributed by atoms with Crippen LogP contribution in [0.3, 0.4) is 0 Å². The Morgan fingerprint density at radius 3 is 2.29 bits per heavy atom. The molecule has 0 radical (unpaired) electrons. The van der Waals surface area contributed by atoms with Crippen LogP contribution in [0.5, 0.6) is 11.5 Å². The van der Waals surface area contributed by atoms with Gasteiger partial charge in [0.25, 0.3) is 5.56 Å². The van der Waals surface area contributed by atoms with E-state index in [1.54, 1.807) is 12.1 Å². The molecular weight excluding hydrogens is 448 g/mol. The van der Waals surface area contributed by atoms with Crippen molar-refractivity contribution >= 4 is 22.7 Å². The summed E-state index contributed by atoms with van der Waals surface area (Å²) in [6, 6.07) is 2.50. The number of methoxy groups -OCH3 is 2. The highest BCUT2D eigenvalue weighted by atomic mass is 16.5. The van der Waals surface area contributed by atoms with Gasteiger partial charge in [-0.1, -0.05) is 47.0 Å². The van der Waals surface area contributed by atoms with E-state index in [-0.39, 0.29) is 30.0 Å². The summed E-state index contributed by atoms with van der Waals surface area (Å²) in [6.45, 7) is 10.0. The van der Waals surface area contributed by atoms with E-state index < -0.39 is 11.9 Å². The third-order valence-electron chi connectivity index (χ3n) is 6.26. The molecule has 0 fully saturated rings. The van der Waals surface area contributed by atoms with Gasteiger partial charge in [-0.15, -0.1) is 0 Å². The molecule has 2 amide bonds. The molecule has 9 nitrogen and oxygen atoms in total.